The molecule has 0 radical (unpaired) electrons. The van der Waals surface area contributed by atoms with E-state index in [0.717, 1.165) is 11.9 Å². The van der Waals surface area contributed by atoms with Gasteiger partial charge in [0.25, 0.3) is 0 Å². The number of benzene rings is 3. The van der Waals surface area contributed by atoms with Crippen molar-refractivity contribution in [3.8, 4) is 0 Å². The Kier molecular flexibility index (Phi) is 5.76. The van der Waals surface area contributed by atoms with Gasteiger partial charge in [0.1, 0.15) is 0 Å². The molecule has 0 aliphatic carbocycles. The zero-order chi connectivity index (χ0) is 20.1. The maximum atomic E-state index is 12.8. The maximum Gasteiger partial charge on any atom is 0.220 e. The fourth-order valence-electron chi connectivity index (χ4n) is 3.92. The summed E-state index contributed by atoms with van der Waals surface area (Å²) >= 11 is 0. The van der Waals surface area contributed by atoms with Crippen LogP contribution in [0.1, 0.15) is 34.6 Å². The summed E-state index contributed by atoms with van der Waals surface area (Å²) in [7, 11) is 0. The molecule has 0 bridgehead atoms. The van der Waals surface area contributed by atoms with E-state index in [1.54, 1.807) is 0 Å². The molecule has 2 N–H and O–H groups in total. The molecule has 0 saturated heterocycles. The lowest BCUT2D eigenvalue weighted by atomic mass is 9.87. The van der Waals surface area contributed by atoms with Crippen LogP contribution in [0.2, 0.25) is 0 Å². The predicted octanol–water partition coefficient (Wildman–Crippen LogP) is 5.36. The Hall–Kier alpha value is -3.33. The summed E-state index contributed by atoms with van der Waals surface area (Å²) in [4.78, 5) is 16.2. The highest BCUT2D eigenvalue weighted by Gasteiger charge is 2.21. The summed E-state index contributed by atoms with van der Waals surface area (Å²) in [5, 5.41) is 4.28. The average molecular weight is 383 g/mol. The van der Waals surface area contributed by atoms with E-state index >= 15 is 0 Å². The van der Waals surface area contributed by atoms with Gasteiger partial charge in [-0.15, -0.1) is 0 Å². The third-order valence-electron chi connectivity index (χ3n) is 5.41. The fraction of sp³-hybridized carbons (Fsp3) is 0.192. The van der Waals surface area contributed by atoms with Crippen LogP contribution in [-0.4, -0.2) is 17.4 Å². The Bertz CT molecular complexity index is 1100. The van der Waals surface area contributed by atoms with Crippen molar-refractivity contribution in [1.29, 1.82) is 0 Å². The van der Waals surface area contributed by atoms with E-state index in [-0.39, 0.29) is 11.8 Å². The molecule has 29 heavy (non-hydrogen) atoms. The Balaban J connectivity index is 1.53. The van der Waals surface area contributed by atoms with Crippen LogP contribution in [0, 0.1) is 6.92 Å². The number of para-hydroxylation sites is 1. The van der Waals surface area contributed by atoms with Crippen LogP contribution >= 0.6 is 0 Å². The lowest BCUT2D eigenvalue weighted by Crippen LogP contribution is -2.27. The molecule has 4 aromatic rings. The Morgan fingerprint density at radius 3 is 2.59 bits per heavy atom. The van der Waals surface area contributed by atoms with Gasteiger partial charge in [0.15, 0.2) is 0 Å². The van der Waals surface area contributed by atoms with Crippen molar-refractivity contribution >= 4 is 16.8 Å². The van der Waals surface area contributed by atoms with Crippen molar-refractivity contribution in [2.75, 3.05) is 6.54 Å². The molecular formula is C26H26N2O. The van der Waals surface area contributed by atoms with Crippen LogP contribution in [0.3, 0.4) is 0 Å². The van der Waals surface area contributed by atoms with Crippen LogP contribution < -0.4 is 5.32 Å². The minimum Gasteiger partial charge on any atom is -0.361 e. The lowest BCUT2D eigenvalue weighted by Gasteiger charge is -2.18. The Morgan fingerprint density at radius 1 is 0.966 bits per heavy atom. The average Bonchev–Trinajstić information content (AvgIpc) is 3.17. The van der Waals surface area contributed by atoms with Gasteiger partial charge in [-0.3, -0.25) is 4.79 Å². The van der Waals surface area contributed by atoms with Gasteiger partial charge in [-0.25, -0.2) is 0 Å². The number of aromatic nitrogens is 1. The number of rotatable bonds is 7. The third kappa shape index (κ3) is 4.57. The van der Waals surface area contributed by atoms with Crippen LogP contribution in [0.5, 0.6) is 0 Å². The second-order valence-electron chi connectivity index (χ2n) is 7.55. The number of carbonyl (C=O) groups excluding carboxylic acids is 1. The van der Waals surface area contributed by atoms with E-state index < -0.39 is 0 Å². The standard InChI is InChI=1S/C26H26N2O/c1-19-8-7-11-21(16-19)23(24-18-28-25-13-6-5-12-22(24)25)17-26(29)27-15-14-20-9-3-2-4-10-20/h2-13,16,18,23,28H,14-15,17H2,1H3,(H,27,29). The van der Waals surface area contributed by atoms with Crippen LogP contribution in [0.25, 0.3) is 10.9 Å². The zero-order valence-electron chi connectivity index (χ0n) is 16.7. The van der Waals surface area contributed by atoms with E-state index in [1.165, 1.54) is 27.6 Å². The predicted molar refractivity (Wildman–Crippen MR) is 119 cm³/mol. The molecule has 0 spiro atoms. The first-order valence-electron chi connectivity index (χ1n) is 10.1. The highest BCUT2D eigenvalue weighted by molar-refractivity contribution is 5.86. The van der Waals surface area contributed by atoms with Gasteiger partial charge in [-0.1, -0.05) is 78.4 Å². The van der Waals surface area contributed by atoms with Crippen LogP contribution in [0.15, 0.2) is 85.1 Å². The molecule has 1 unspecified atom stereocenters. The first-order chi connectivity index (χ1) is 14.2. The molecule has 0 aliphatic heterocycles. The normalized spacial score (nSPS) is 12.0. The molecule has 1 heterocycles. The molecule has 4 rings (SSSR count). The summed E-state index contributed by atoms with van der Waals surface area (Å²) in [6.07, 6.45) is 3.32. The number of H-pyrrole nitrogens is 1. The molecule has 1 aromatic heterocycles. The van der Waals surface area contributed by atoms with Crippen molar-refractivity contribution in [1.82, 2.24) is 10.3 Å². The summed E-state index contributed by atoms with van der Waals surface area (Å²) in [5.74, 6) is 0.0977. The highest BCUT2D eigenvalue weighted by atomic mass is 16.1. The second-order valence-corrected chi connectivity index (χ2v) is 7.55. The smallest absolute Gasteiger partial charge is 0.220 e. The van der Waals surface area contributed by atoms with Gasteiger partial charge in [-0.2, -0.15) is 0 Å². The first-order valence-corrected chi connectivity index (χ1v) is 10.1. The number of fused-ring (bicyclic) bond motifs is 1. The van der Waals surface area contributed by atoms with Crippen LogP contribution in [0.4, 0.5) is 0 Å². The van der Waals surface area contributed by atoms with Gasteiger partial charge in [-0.05, 0) is 36.1 Å². The number of amides is 1. The van der Waals surface area contributed by atoms with Crippen molar-refractivity contribution in [2.24, 2.45) is 0 Å². The second kappa shape index (κ2) is 8.78. The van der Waals surface area contributed by atoms with E-state index in [0.29, 0.717) is 13.0 Å². The molecule has 0 fully saturated rings. The van der Waals surface area contributed by atoms with Gasteiger partial charge in [0.2, 0.25) is 5.91 Å². The molecular weight excluding hydrogens is 356 g/mol. The van der Waals surface area contributed by atoms with Gasteiger partial charge in [0.05, 0.1) is 0 Å². The minimum atomic E-state index is 0.0165. The van der Waals surface area contributed by atoms with Crippen LogP contribution in [-0.2, 0) is 11.2 Å². The van der Waals surface area contributed by atoms with E-state index in [9.17, 15) is 4.79 Å². The van der Waals surface area contributed by atoms with E-state index in [1.807, 2.05) is 30.3 Å². The molecule has 1 amide bonds. The first kappa shape index (κ1) is 19.0. The van der Waals surface area contributed by atoms with Gasteiger partial charge in [0, 0.05) is 36.0 Å². The van der Waals surface area contributed by atoms with Crippen molar-refractivity contribution in [2.45, 2.75) is 25.7 Å². The van der Waals surface area contributed by atoms with Crippen molar-refractivity contribution in [3.05, 3.63) is 107 Å². The number of hydrogen-bond donors (Lipinski definition) is 2. The molecule has 0 saturated carbocycles. The Labute approximate surface area is 171 Å². The molecule has 3 nitrogen and oxygen atoms in total. The molecule has 3 heteroatoms. The quantitative estimate of drug-likeness (QED) is 0.444. The molecule has 0 aliphatic rings. The molecule has 1 atom stereocenters. The zero-order valence-corrected chi connectivity index (χ0v) is 16.7. The summed E-state index contributed by atoms with van der Waals surface area (Å²) in [6, 6.07) is 27.0. The number of carbonyl (C=O) groups is 1. The summed E-state index contributed by atoms with van der Waals surface area (Å²) < 4.78 is 0. The maximum absolute atomic E-state index is 12.8. The minimum absolute atomic E-state index is 0.0165. The van der Waals surface area contributed by atoms with Gasteiger partial charge >= 0.3 is 0 Å². The summed E-state index contributed by atoms with van der Waals surface area (Å²) in [6.45, 7) is 2.74. The van der Waals surface area contributed by atoms with E-state index in [2.05, 4.69) is 72.0 Å². The summed E-state index contributed by atoms with van der Waals surface area (Å²) in [5.41, 5.74) is 5.89. The number of aromatic amines is 1. The van der Waals surface area contributed by atoms with Gasteiger partial charge < -0.3 is 10.3 Å². The topological polar surface area (TPSA) is 44.9 Å². The number of aryl methyl sites for hydroxylation is 1. The Morgan fingerprint density at radius 2 is 1.76 bits per heavy atom. The van der Waals surface area contributed by atoms with E-state index in [4.69, 9.17) is 0 Å². The molecule has 146 valence electrons. The number of hydrogen-bond acceptors (Lipinski definition) is 1. The fourth-order valence-corrected chi connectivity index (χ4v) is 3.92. The SMILES string of the molecule is Cc1cccc(C(CC(=O)NCCc2ccccc2)c2c[nH]c3ccccc23)c1. The monoisotopic (exact) mass is 382 g/mol. The number of nitrogens with one attached hydrogen (secondary N) is 2. The largest absolute Gasteiger partial charge is 0.361 e. The molecule has 3 aromatic carbocycles. The third-order valence-corrected chi connectivity index (χ3v) is 5.41. The highest BCUT2D eigenvalue weighted by Crippen LogP contribution is 2.33. The van der Waals surface area contributed by atoms with Crippen molar-refractivity contribution in [3.63, 3.8) is 0 Å². The lowest BCUT2D eigenvalue weighted by molar-refractivity contribution is -0.121. The van der Waals surface area contributed by atoms with Crippen molar-refractivity contribution < 1.29 is 4.79 Å².